The van der Waals surface area contributed by atoms with Crippen LogP contribution in [0.2, 0.25) is 5.02 Å². The Labute approximate surface area is 130 Å². The lowest BCUT2D eigenvalue weighted by molar-refractivity contribution is -0.131. The molecule has 0 aliphatic heterocycles. The van der Waals surface area contributed by atoms with Crippen molar-refractivity contribution in [3.63, 3.8) is 0 Å². The van der Waals surface area contributed by atoms with Crippen LogP contribution in [-0.4, -0.2) is 22.8 Å². The van der Waals surface area contributed by atoms with Gasteiger partial charge in [-0.1, -0.05) is 29.8 Å². The molecule has 2 rings (SSSR count). The first-order valence-corrected chi connectivity index (χ1v) is 7.36. The van der Waals surface area contributed by atoms with E-state index >= 15 is 0 Å². The van der Waals surface area contributed by atoms with Gasteiger partial charge in [-0.3, -0.25) is 9.78 Å². The molecule has 0 fully saturated rings. The van der Waals surface area contributed by atoms with Gasteiger partial charge >= 0.3 is 0 Å². The van der Waals surface area contributed by atoms with Crippen LogP contribution in [0.5, 0.6) is 0 Å². The molecule has 1 aromatic heterocycles. The van der Waals surface area contributed by atoms with Crippen LogP contribution in [0.3, 0.4) is 0 Å². The van der Waals surface area contributed by atoms with Gasteiger partial charge in [-0.2, -0.15) is 0 Å². The van der Waals surface area contributed by atoms with Crippen molar-refractivity contribution in [3.05, 3.63) is 64.9 Å². The summed E-state index contributed by atoms with van der Waals surface area (Å²) in [5.74, 6) is 0.126. The van der Waals surface area contributed by atoms with E-state index in [1.54, 1.807) is 17.3 Å². The monoisotopic (exact) mass is 302 g/mol. The molecule has 0 bridgehead atoms. The third-order valence-electron chi connectivity index (χ3n) is 3.68. The van der Waals surface area contributed by atoms with Crippen molar-refractivity contribution in [1.29, 1.82) is 0 Å². The highest BCUT2D eigenvalue weighted by molar-refractivity contribution is 6.30. The predicted molar refractivity (Wildman–Crippen MR) is 85.2 cm³/mol. The molecule has 4 heteroatoms. The van der Waals surface area contributed by atoms with Gasteiger partial charge in [0.05, 0.1) is 6.04 Å². The van der Waals surface area contributed by atoms with E-state index in [9.17, 15) is 4.79 Å². The zero-order valence-electron chi connectivity index (χ0n) is 12.3. The molecule has 0 saturated carbocycles. The minimum atomic E-state index is 0.0312. The average molecular weight is 303 g/mol. The van der Waals surface area contributed by atoms with Crippen molar-refractivity contribution in [2.75, 3.05) is 7.05 Å². The molecule has 21 heavy (non-hydrogen) atoms. The van der Waals surface area contributed by atoms with Gasteiger partial charge in [0.2, 0.25) is 5.91 Å². The maximum Gasteiger partial charge on any atom is 0.223 e. The SMILES string of the molecule is CC(c1ccc(Cl)cc1)N(C)C(=O)CCc1cccnc1. The van der Waals surface area contributed by atoms with E-state index in [1.807, 2.05) is 50.4 Å². The maximum absolute atomic E-state index is 12.3. The van der Waals surface area contributed by atoms with Crippen LogP contribution in [0.25, 0.3) is 0 Å². The molecule has 0 spiro atoms. The Morgan fingerprint density at radius 3 is 2.62 bits per heavy atom. The van der Waals surface area contributed by atoms with Gasteiger partial charge in [-0.25, -0.2) is 0 Å². The first-order chi connectivity index (χ1) is 10.1. The van der Waals surface area contributed by atoms with Crippen molar-refractivity contribution in [2.45, 2.75) is 25.8 Å². The van der Waals surface area contributed by atoms with Crippen molar-refractivity contribution in [3.8, 4) is 0 Å². The molecule has 0 aliphatic carbocycles. The van der Waals surface area contributed by atoms with E-state index in [1.165, 1.54) is 0 Å². The summed E-state index contributed by atoms with van der Waals surface area (Å²) in [5, 5.41) is 0.705. The fraction of sp³-hybridized carbons (Fsp3) is 0.294. The second-order valence-corrected chi connectivity index (χ2v) is 5.53. The number of carbonyl (C=O) groups is 1. The molecule has 1 heterocycles. The number of benzene rings is 1. The number of aromatic nitrogens is 1. The highest BCUT2D eigenvalue weighted by atomic mass is 35.5. The summed E-state index contributed by atoms with van der Waals surface area (Å²) < 4.78 is 0. The van der Waals surface area contributed by atoms with Crippen LogP contribution >= 0.6 is 11.6 Å². The Balaban J connectivity index is 1.94. The summed E-state index contributed by atoms with van der Waals surface area (Å²) in [6.07, 6.45) is 4.74. The van der Waals surface area contributed by atoms with Crippen LogP contribution < -0.4 is 0 Å². The molecule has 110 valence electrons. The highest BCUT2D eigenvalue weighted by Gasteiger charge is 2.17. The number of pyridine rings is 1. The van der Waals surface area contributed by atoms with E-state index in [-0.39, 0.29) is 11.9 Å². The number of nitrogens with zero attached hydrogens (tertiary/aromatic N) is 2. The Morgan fingerprint density at radius 2 is 2.00 bits per heavy atom. The topological polar surface area (TPSA) is 33.2 Å². The van der Waals surface area contributed by atoms with Gasteiger partial charge in [-0.05, 0) is 42.7 Å². The Bertz CT molecular complexity index is 583. The van der Waals surface area contributed by atoms with Crippen LogP contribution in [0.1, 0.15) is 30.5 Å². The minimum absolute atomic E-state index is 0.0312. The van der Waals surface area contributed by atoms with Crippen molar-refractivity contribution in [1.82, 2.24) is 9.88 Å². The molecule has 2 aromatic rings. The fourth-order valence-corrected chi connectivity index (χ4v) is 2.28. The number of aryl methyl sites for hydroxylation is 1. The molecular formula is C17H19ClN2O. The molecule has 1 amide bonds. The lowest BCUT2D eigenvalue weighted by atomic mass is 10.1. The van der Waals surface area contributed by atoms with Crippen LogP contribution in [0.15, 0.2) is 48.8 Å². The molecule has 1 aromatic carbocycles. The van der Waals surface area contributed by atoms with Crippen LogP contribution in [0.4, 0.5) is 0 Å². The molecule has 3 nitrogen and oxygen atoms in total. The lowest BCUT2D eigenvalue weighted by Crippen LogP contribution is -2.29. The first kappa shape index (κ1) is 15.5. The molecule has 0 saturated heterocycles. The third kappa shape index (κ3) is 4.30. The minimum Gasteiger partial charge on any atom is -0.339 e. The summed E-state index contributed by atoms with van der Waals surface area (Å²) >= 11 is 5.89. The Kier molecular flexibility index (Phi) is 5.34. The summed E-state index contributed by atoms with van der Waals surface area (Å²) in [6, 6.07) is 11.5. The largest absolute Gasteiger partial charge is 0.339 e. The normalized spacial score (nSPS) is 12.0. The number of hydrogen-bond acceptors (Lipinski definition) is 2. The quantitative estimate of drug-likeness (QED) is 0.839. The molecule has 1 unspecified atom stereocenters. The highest BCUT2D eigenvalue weighted by Crippen LogP contribution is 2.21. The summed E-state index contributed by atoms with van der Waals surface area (Å²) in [5.41, 5.74) is 2.16. The molecular weight excluding hydrogens is 284 g/mol. The standard InChI is InChI=1S/C17H19ClN2O/c1-13(15-6-8-16(18)9-7-15)20(2)17(21)10-5-14-4-3-11-19-12-14/h3-4,6-9,11-13H,5,10H2,1-2H3. The smallest absolute Gasteiger partial charge is 0.223 e. The number of amides is 1. The maximum atomic E-state index is 12.3. The van der Waals surface area contributed by atoms with Crippen molar-refractivity contribution in [2.24, 2.45) is 0 Å². The van der Waals surface area contributed by atoms with Gasteiger partial charge < -0.3 is 4.90 Å². The second-order valence-electron chi connectivity index (χ2n) is 5.09. The van der Waals surface area contributed by atoms with E-state index in [4.69, 9.17) is 11.6 Å². The molecule has 0 radical (unpaired) electrons. The first-order valence-electron chi connectivity index (χ1n) is 6.98. The molecule has 0 N–H and O–H groups in total. The zero-order chi connectivity index (χ0) is 15.2. The van der Waals surface area contributed by atoms with Crippen molar-refractivity contribution >= 4 is 17.5 Å². The number of hydrogen-bond donors (Lipinski definition) is 0. The average Bonchev–Trinajstić information content (AvgIpc) is 2.53. The Morgan fingerprint density at radius 1 is 1.29 bits per heavy atom. The lowest BCUT2D eigenvalue weighted by Gasteiger charge is -2.25. The number of carbonyl (C=O) groups excluding carboxylic acids is 1. The Hall–Kier alpha value is -1.87. The van der Waals surface area contributed by atoms with E-state index in [0.29, 0.717) is 17.9 Å². The zero-order valence-corrected chi connectivity index (χ0v) is 13.0. The van der Waals surface area contributed by atoms with E-state index in [0.717, 1.165) is 11.1 Å². The van der Waals surface area contributed by atoms with Gasteiger partial charge in [0, 0.05) is 30.9 Å². The summed E-state index contributed by atoms with van der Waals surface area (Å²) in [6.45, 7) is 2.02. The number of rotatable bonds is 5. The predicted octanol–water partition coefficient (Wildman–Crippen LogP) is 3.89. The van der Waals surface area contributed by atoms with E-state index < -0.39 is 0 Å². The second kappa shape index (κ2) is 7.23. The molecule has 1 atom stereocenters. The summed E-state index contributed by atoms with van der Waals surface area (Å²) in [7, 11) is 1.84. The van der Waals surface area contributed by atoms with Crippen LogP contribution in [-0.2, 0) is 11.2 Å². The van der Waals surface area contributed by atoms with Gasteiger partial charge in [-0.15, -0.1) is 0 Å². The fourth-order valence-electron chi connectivity index (χ4n) is 2.15. The van der Waals surface area contributed by atoms with Gasteiger partial charge in [0.15, 0.2) is 0 Å². The van der Waals surface area contributed by atoms with E-state index in [2.05, 4.69) is 4.98 Å². The van der Waals surface area contributed by atoms with Crippen molar-refractivity contribution < 1.29 is 4.79 Å². The van der Waals surface area contributed by atoms with Crippen LogP contribution in [0, 0.1) is 0 Å². The van der Waals surface area contributed by atoms with Gasteiger partial charge in [0.1, 0.15) is 0 Å². The number of halogens is 1. The van der Waals surface area contributed by atoms with Gasteiger partial charge in [0.25, 0.3) is 0 Å². The molecule has 0 aliphatic rings. The summed E-state index contributed by atoms with van der Waals surface area (Å²) in [4.78, 5) is 18.1. The third-order valence-corrected chi connectivity index (χ3v) is 3.93.